The number of rotatable bonds is 5. The Balaban J connectivity index is 1.30. The number of benzene rings is 2. The van der Waals surface area contributed by atoms with Gasteiger partial charge in [-0.3, -0.25) is 9.69 Å². The largest absolute Gasteiger partial charge is 0.497 e. The number of anilines is 1. The van der Waals surface area contributed by atoms with Crippen molar-refractivity contribution in [3.05, 3.63) is 59.1 Å². The first-order valence-electron chi connectivity index (χ1n) is 10.8. The van der Waals surface area contributed by atoms with Crippen LogP contribution in [0.5, 0.6) is 5.75 Å². The molecule has 0 spiro atoms. The first-order chi connectivity index (χ1) is 14.6. The van der Waals surface area contributed by atoms with Crippen molar-refractivity contribution in [1.82, 2.24) is 9.80 Å². The van der Waals surface area contributed by atoms with E-state index >= 15 is 0 Å². The third-order valence-electron chi connectivity index (χ3n) is 6.24. The van der Waals surface area contributed by atoms with Crippen LogP contribution in [0.15, 0.2) is 48.5 Å². The van der Waals surface area contributed by atoms with Crippen LogP contribution in [-0.2, 0) is 11.3 Å². The molecule has 1 atom stereocenters. The Bertz CT molecular complexity index is 850. The zero-order valence-electron chi connectivity index (χ0n) is 17.6. The number of methoxy groups -OCH3 is 1. The third kappa shape index (κ3) is 4.90. The van der Waals surface area contributed by atoms with Crippen molar-refractivity contribution in [2.75, 3.05) is 51.3 Å². The minimum absolute atomic E-state index is 0.0915. The lowest BCUT2D eigenvalue weighted by atomic mass is 9.95. The molecule has 160 valence electrons. The highest BCUT2D eigenvalue weighted by atomic mass is 35.5. The second-order valence-electron chi connectivity index (χ2n) is 8.18. The van der Waals surface area contributed by atoms with E-state index in [9.17, 15) is 4.79 Å². The van der Waals surface area contributed by atoms with Gasteiger partial charge in [0.15, 0.2) is 0 Å². The molecule has 0 bridgehead atoms. The Labute approximate surface area is 184 Å². The summed E-state index contributed by atoms with van der Waals surface area (Å²) in [5.74, 6) is 1.27. The van der Waals surface area contributed by atoms with E-state index in [4.69, 9.17) is 16.3 Å². The van der Waals surface area contributed by atoms with Crippen LogP contribution < -0.4 is 9.64 Å². The number of piperidine rings is 1. The molecule has 0 N–H and O–H groups in total. The fourth-order valence-corrected chi connectivity index (χ4v) is 4.70. The number of ether oxygens (including phenoxy) is 1. The first-order valence-corrected chi connectivity index (χ1v) is 11.2. The van der Waals surface area contributed by atoms with Gasteiger partial charge in [0, 0.05) is 50.0 Å². The van der Waals surface area contributed by atoms with Gasteiger partial charge >= 0.3 is 0 Å². The molecule has 2 saturated heterocycles. The number of hydrogen-bond acceptors (Lipinski definition) is 4. The van der Waals surface area contributed by atoms with Crippen molar-refractivity contribution in [3.8, 4) is 5.75 Å². The van der Waals surface area contributed by atoms with Crippen LogP contribution in [0.4, 0.5) is 5.69 Å². The highest BCUT2D eigenvalue weighted by Crippen LogP contribution is 2.25. The number of halogens is 1. The summed E-state index contributed by atoms with van der Waals surface area (Å²) in [4.78, 5) is 20.0. The first kappa shape index (κ1) is 21.0. The average Bonchev–Trinajstić information content (AvgIpc) is 2.80. The predicted octanol–water partition coefficient (Wildman–Crippen LogP) is 3.91. The van der Waals surface area contributed by atoms with E-state index in [1.807, 2.05) is 30.3 Å². The summed E-state index contributed by atoms with van der Waals surface area (Å²) in [6, 6.07) is 16.1. The zero-order valence-corrected chi connectivity index (χ0v) is 18.4. The maximum atomic E-state index is 13.2. The van der Waals surface area contributed by atoms with Gasteiger partial charge in [-0.1, -0.05) is 29.8 Å². The number of likely N-dealkylation sites (tertiary alicyclic amines) is 1. The minimum atomic E-state index is 0.0915. The predicted molar refractivity (Wildman–Crippen MR) is 121 cm³/mol. The maximum absolute atomic E-state index is 13.2. The number of piperazine rings is 1. The van der Waals surface area contributed by atoms with E-state index in [1.54, 1.807) is 7.11 Å². The number of nitrogens with zero attached hydrogens (tertiary/aromatic N) is 3. The van der Waals surface area contributed by atoms with Gasteiger partial charge in [-0.05, 0) is 55.3 Å². The molecule has 0 aliphatic carbocycles. The zero-order chi connectivity index (χ0) is 20.9. The van der Waals surface area contributed by atoms with E-state index in [-0.39, 0.29) is 5.92 Å². The van der Waals surface area contributed by atoms with E-state index < -0.39 is 0 Å². The summed E-state index contributed by atoms with van der Waals surface area (Å²) < 4.78 is 5.24. The number of carbonyl (C=O) groups is 1. The molecule has 2 heterocycles. The maximum Gasteiger partial charge on any atom is 0.227 e. The molecule has 6 heteroatoms. The molecule has 0 radical (unpaired) electrons. The second kappa shape index (κ2) is 9.71. The van der Waals surface area contributed by atoms with Crippen LogP contribution in [0.2, 0.25) is 5.02 Å². The van der Waals surface area contributed by atoms with Crippen LogP contribution in [0.3, 0.4) is 0 Å². The van der Waals surface area contributed by atoms with E-state index in [1.165, 1.54) is 5.69 Å². The lowest BCUT2D eigenvalue weighted by Gasteiger charge is -2.39. The van der Waals surface area contributed by atoms with Crippen LogP contribution >= 0.6 is 11.6 Å². The van der Waals surface area contributed by atoms with E-state index in [2.05, 4.69) is 32.9 Å². The van der Waals surface area contributed by atoms with Crippen LogP contribution in [0.1, 0.15) is 18.4 Å². The Morgan fingerprint density at radius 1 is 1.03 bits per heavy atom. The minimum Gasteiger partial charge on any atom is -0.497 e. The van der Waals surface area contributed by atoms with Gasteiger partial charge < -0.3 is 14.5 Å². The van der Waals surface area contributed by atoms with E-state index in [0.717, 1.165) is 75.0 Å². The molecule has 2 aliphatic rings. The number of carbonyl (C=O) groups excluding carboxylic acids is 1. The third-order valence-corrected chi connectivity index (χ3v) is 6.60. The fourth-order valence-electron chi connectivity index (χ4n) is 4.50. The molecule has 2 fully saturated rings. The Morgan fingerprint density at radius 3 is 2.47 bits per heavy atom. The second-order valence-corrected chi connectivity index (χ2v) is 8.58. The van der Waals surface area contributed by atoms with Crippen molar-refractivity contribution >= 4 is 23.2 Å². The van der Waals surface area contributed by atoms with Crippen molar-refractivity contribution in [3.63, 3.8) is 0 Å². The number of hydrogen-bond donors (Lipinski definition) is 0. The summed E-state index contributed by atoms with van der Waals surface area (Å²) in [6.07, 6.45) is 2.04. The molecular weight excluding hydrogens is 398 g/mol. The lowest BCUT2D eigenvalue weighted by Crippen LogP contribution is -2.52. The summed E-state index contributed by atoms with van der Waals surface area (Å²) in [5.41, 5.74) is 2.33. The molecule has 5 nitrogen and oxygen atoms in total. The highest BCUT2D eigenvalue weighted by Gasteiger charge is 2.31. The van der Waals surface area contributed by atoms with Crippen molar-refractivity contribution < 1.29 is 9.53 Å². The van der Waals surface area contributed by atoms with Crippen molar-refractivity contribution in [2.24, 2.45) is 5.92 Å². The topological polar surface area (TPSA) is 36.0 Å². The van der Waals surface area contributed by atoms with Gasteiger partial charge in [0.1, 0.15) is 5.75 Å². The molecule has 2 aliphatic heterocycles. The van der Waals surface area contributed by atoms with Gasteiger partial charge in [-0.2, -0.15) is 0 Å². The average molecular weight is 428 g/mol. The highest BCUT2D eigenvalue weighted by molar-refractivity contribution is 6.31. The molecule has 2 aromatic rings. The molecule has 1 amide bonds. The summed E-state index contributed by atoms with van der Waals surface area (Å²) in [6.45, 7) is 5.97. The lowest BCUT2D eigenvalue weighted by molar-refractivity contribution is -0.137. The van der Waals surface area contributed by atoms with Gasteiger partial charge in [-0.25, -0.2) is 0 Å². The monoisotopic (exact) mass is 427 g/mol. The smallest absolute Gasteiger partial charge is 0.227 e. The molecule has 0 unspecified atom stereocenters. The molecule has 4 rings (SSSR count). The fraction of sp³-hybridized carbons (Fsp3) is 0.458. The van der Waals surface area contributed by atoms with Crippen LogP contribution in [0.25, 0.3) is 0 Å². The summed E-state index contributed by atoms with van der Waals surface area (Å²) in [5, 5.41) is 0.806. The molecule has 30 heavy (non-hydrogen) atoms. The van der Waals surface area contributed by atoms with Gasteiger partial charge in [0.2, 0.25) is 5.91 Å². The van der Waals surface area contributed by atoms with Gasteiger partial charge in [0.25, 0.3) is 0 Å². The van der Waals surface area contributed by atoms with Crippen LogP contribution in [0, 0.1) is 5.92 Å². The Hall–Kier alpha value is -2.24. The van der Waals surface area contributed by atoms with Crippen molar-refractivity contribution in [2.45, 2.75) is 19.4 Å². The van der Waals surface area contributed by atoms with Gasteiger partial charge in [0.05, 0.1) is 13.0 Å². The molecule has 0 aromatic heterocycles. The SMILES string of the molecule is COc1ccc(N2CCN(C(=O)[C@@H]3CCCN(Cc4ccccc4Cl)C3)CC2)cc1. The Kier molecular flexibility index (Phi) is 6.80. The van der Waals surface area contributed by atoms with Crippen molar-refractivity contribution in [1.29, 1.82) is 0 Å². The summed E-state index contributed by atoms with van der Waals surface area (Å²) >= 11 is 6.33. The van der Waals surface area contributed by atoms with E-state index in [0.29, 0.717) is 5.91 Å². The standard InChI is InChI=1S/C24H30ClN3O2/c1-30-22-10-8-21(9-11-22)27-13-15-28(16-14-27)24(29)20-6-4-12-26(18-20)17-19-5-2-3-7-23(19)25/h2-3,5,7-11,20H,4,6,12-18H2,1H3/t20-/m1/s1. The molecule has 2 aromatic carbocycles. The summed E-state index contributed by atoms with van der Waals surface area (Å²) in [7, 11) is 1.68. The molecular formula is C24H30ClN3O2. The van der Waals surface area contributed by atoms with Crippen LogP contribution in [-0.4, -0.2) is 62.1 Å². The normalized spacial score (nSPS) is 20.3. The van der Waals surface area contributed by atoms with Gasteiger partial charge in [-0.15, -0.1) is 0 Å². The quantitative estimate of drug-likeness (QED) is 0.724. The molecule has 0 saturated carbocycles. The number of amides is 1. The Morgan fingerprint density at radius 2 is 1.77 bits per heavy atom.